The van der Waals surface area contributed by atoms with Crippen molar-refractivity contribution in [2.24, 2.45) is 0 Å². The smallest absolute Gasteiger partial charge is 0.271 e. The molecule has 0 radical (unpaired) electrons. The number of nitrogens with zero attached hydrogens (tertiary/aromatic N) is 1. The molecule has 132 valence electrons. The number of nitro groups is 1. The van der Waals surface area contributed by atoms with E-state index in [-0.39, 0.29) is 23.2 Å². The molecule has 2 aromatic carbocycles. The van der Waals surface area contributed by atoms with E-state index in [1.807, 2.05) is 0 Å². The van der Waals surface area contributed by atoms with Gasteiger partial charge in [0.25, 0.3) is 11.6 Å². The molecular formula is C15H11F3N2O5. The summed E-state index contributed by atoms with van der Waals surface area (Å²) < 4.78 is 49.0. The van der Waals surface area contributed by atoms with Crippen molar-refractivity contribution in [1.82, 2.24) is 0 Å². The number of benzene rings is 2. The van der Waals surface area contributed by atoms with Gasteiger partial charge < -0.3 is 14.8 Å². The topological polar surface area (TPSA) is 90.7 Å². The van der Waals surface area contributed by atoms with Gasteiger partial charge in [0.05, 0.1) is 17.7 Å². The lowest BCUT2D eigenvalue weighted by atomic mass is 10.2. The standard InChI is InChI=1S/C15H11F3N2O5/c1-24-13-3-2-8(20(22)23)4-12(13)19-15(21)7-25-14-6-10(17)9(16)5-11(14)18/h2-6H,7H2,1H3,(H,19,21). The molecule has 10 heteroatoms. The zero-order valence-electron chi connectivity index (χ0n) is 12.7. The highest BCUT2D eigenvalue weighted by Crippen LogP contribution is 2.29. The molecule has 0 aliphatic heterocycles. The number of halogens is 3. The van der Waals surface area contributed by atoms with Gasteiger partial charge in [0.1, 0.15) is 5.75 Å². The van der Waals surface area contributed by atoms with Crippen molar-refractivity contribution < 1.29 is 32.4 Å². The molecule has 0 saturated carbocycles. The Kier molecular flexibility index (Phi) is 5.42. The molecule has 1 amide bonds. The fraction of sp³-hybridized carbons (Fsp3) is 0.133. The van der Waals surface area contributed by atoms with Crippen LogP contribution in [0.5, 0.6) is 11.5 Å². The molecule has 0 aliphatic rings. The molecule has 0 atom stereocenters. The van der Waals surface area contributed by atoms with Crippen LogP contribution in [0.2, 0.25) is 0 Å². The number of amides is 1. The van der Waals surface area contributed by atoms with E-state index >= 15 is 0 Å². The van der Waals surface area contributed by atoms with Crippen LogP contribution in [0.4, 0.5) is 24.5 Å². The number of ether oxygens (including phenoxy) is 2. The van der Waals surface area contributed by atoms with Gasteiger partial charge >= 0.3 is 0 Å². The second kappa shape index (κ2) is 7.51. The third-order valence-electron chi connectivity index (χ3n) is 3.00. The van der Waals surface area contributed by atoms with Gasteiger partial charge in [-0.25, -0.2) is 13.2 Å². The first kappa shape index (κ1) is 18.0. The second-order valence-corrected chi connectivity index (χ2v) is 4.68. The lowest BCUT2D eigenvalue weighted by molar-refractivity contribution is -0.384. The maximum absolute atomic E-state index is 13.4. The molecule has 0 bridgehead atoms. The molecular weight excluding hydrogens is 345 g/mol. The molecule has 0 aromatic heterocycles. The molecule has 1 N–H and O–H groups in total. The van der Waals surface area contributed by atoms with Gasteiger partial charge in [0.15, 0.2) is 29.8 Å². The largest absolute Gasteiger partial charge is 0.495 e. The highest BCUT2D eigenvalue weighted by molar-refractivity contribution is 5.93. The number of methoxy groups -OCH3 is 1. The van der Waals surface area contributed by atoms with E-state index in [1.54, 1.807) is 0 Å². The predicted octanol–water partition coefficient (Wildman–Crippen LogP) is 3.04. The van der Waals surface area contributed by atoms with Crippen molar-refractivity contribution in [2.75, 3.05) is 19.0 Å². The number of nitro benzene ring substituents is 1. The minimum absolute atomic E-state index is 0.00365. The number of nitrogens with one attached hydrogen (secondary N) is 1. The quantitative estimate of drug-likeness (QED) is 0.488. The van der Waals surface area contributed by atoms with E-state index in [9.17, 15) is 28.1 Å². The number of rotatable bonds is 6. The van der Waals surface area contributed by atoms with E-state index in [0.717, 1.165) is 6.07 Å². The van der Waals surface area contributed by atoms with Crippen molar-refractivity contribution >= 4 is 17.3 Å². The first-order chi connectivity index (χ1) is 11.8. The number of carbonyl (C=O) groups is 1. The molecule has 0 saturated heterocycles. The Morgan fingerprint density at radius 2 is 1.80 bits per heavy atom. The summed E-state index contributed by atoms with van der Waals surface area (Å²) in [4.78, 5) is 21.9. The van der Waals surface area contributed by atoms with Crippen molar-refractivity contribution in [3.05, 3.63) is 57.9 Å². The molecule has 2 aromatic rings. The van der Waals surface area contributed by atoms with Crippen LogP contribution in [0.25, 0.3) is 0 Å². The van der Waals surface area contributed by atoms with Crippen molar-refractivity contribution in [3.63, 3.8) is 0 Å². The molecule has 2 rings (SSSR count). The Bertz CT molecular complexity index is 829. The zero-order valence-corrected chi connectivity index (χ0v) is 12.7. The summed E-state index contributed by atoms with van der Waals surface area (Å²) in [5, 5.41) is 13.1. The van der Waals surface area contributed by atoms with Crippen LogP contribution in [0.15, 0.2) is 30.3 Å². The predicted molar refractivity (Wildman–Crippen MR) is 80.1 cm³/mol. The first-order valence-corrected chi connectivity index (χ1v) is 6.71. The summed E-state index contributed by atoms with van der Waals surface area (Å²) in [6.45, 7) is -0.742. The minimum Gasteiger partial charge on any atom is -0.495 e. The van der Waals surface area contributed by atoms with Crippen LogP contribution in [0.3, 0.4) is 0 Å². The fourth-order valence-corrected chi connectivity index (χ4v) is 1.85. The number of anilines is 1. The monoisotopic (exact) mass is 356 g/mol. The van der Waals surface area contributed by atoms with Crippen molar-refractivity contribution in [1.29, 1.82) is 0 Å². The summed E-state index contributed by atoms with van der Waals surface area (Å²) >= 11 is 0. The molecule has 0 unspecified atom stereocenters. The molecule has 0 fully saturated rings. The van der Waals surface area contributed by atoms with Crippen molar-refractivity contribution in [3.8, 4) is 11.5 Å². The highest BCUT2D eigenvalue weighted by Gasteiger charge is 2.16. The van der Waals surface area contributed by atoms with E-state index < -0.39 is 40.6 Å². The summed E-state index contributed by atoms with van der Waals surface area (Å²) in [6.07, 6.45) is 0. The van der Waals surface area contributed by atoms with E-state index in [2.05, 4.69) is 5.32 Å². The van der Waals surface area contributed by atoms with E-state index in [0.29, 0.717) is 6.07 Å². The van der Waals surface area contributed by atoms with Crippen LogP contribution >= 0.6 is 0 Å². The number of carbonyl (C=O) groups excluding carboxylic acids is 1. The Morgan fingerprint density at radius 3 is 2.44 bits per heavy atom. The van der Waals surface area contributed by atoms with Gasteiger partial charge in [0, 0.05) is 24.3 Å². The Balaban J connectivity index is 2.09. The van der Waals surface area contributed by atoms with E-state index in [4.69, 9.17) is 9.47 Å². The normalized spacial score (nSPS) is 10.2. The summed E-state index contributed by atoms with van der Waals surface area (Å²) in [6, 6.07) is 4.28. The molecule has 0 aliphatic carbocycles. The Labute approximate surface area is 139 Å². The average molecular weight is 356 g/mol. The van der Waals surface area contributed by atoms with Gasteiger partial charge in [-0.05, 0) is 6.07 Å². The highest BCUT2D eigenvalue weighted by atomic mass is 19.2. The summed E-state index contributed by atoms with van der Waals surface area (Å²) in [5.41, 5.74) is -0.292. The third kappa shape index (κ3) is 4.37. The molecule has 7 nitrogen and oxygen atoms in total. The van der Waals surface area contributed by atoms with Crippen LogP contribution in [0, 0.1) is 27.6 Å². The SMILES string of the molecule is COc1ccc([N+](=O)[O-])cc1NC(=O)COc1cc(F)c(F)cc1F. The fourth-order valence-electron chi connectivity index (χ4n) is 1.85. The molecule has 0 spiro atoms. The zero-order chi connectivity index (χ0) is 18.6. The molecule has 0 heterocycles. The van der Waals surface area contributed by atoms with Gasteiger partial charge in [0.2, 0.25) is 0 Å². The van der Waals surface area contributed by atoms with Gasteiger partial charge in [-0.2, -0.15) is 0 Å². The minimum atomic E-state index is -1.39. The lowest BCUT2D eigenvalue weighted by Crippen LogP contribution is -2.21. The van der Waals surface area contributed by atoms with Crippen LogP contribution in [-0.2, 0) is 4.79 Å². The summed E-state index contributed by atoms with van der Waals surface area (Å²) in [7, 11) is 1.30. The van der Waals surface area contributed by atoms with Crippen LogP contribution in [-0.4, -0.2) is 24.5 Å². The lowest BCUT2D eigenvalue weighted by Gasteiger charge is -2.11. The van der Waals surface area contributed by atoms with Gasteiger partial charge in [-0.3, -0.25) is 14.9 Å². The number of non-ortho nitro benzene ring substituents is 1. The van der Waals surface area contributed by atoms with E-state index in [1.165, 1.54) is 19.2 Å². The first-order valence-electron chi connectivity index (χ1n) is 6.71. The number of hydrogen-bond donors (Lipinski definition) is 1. The van der Waals surface area contributed by atoms with Gasteiger partial charge in [-0.15, -0.1) is 0 Å². The number of hydrogen-bond acceptors (Lipinski definition) is 5. The summed E-state index contributed by atoms with van der Waals surface area (Å²) in [5.74, 6) is -5.23. The maximum atomic E-state index is 13.4. The maximum Gasteiger partial charge on any atom is 0.271 e. The van der Waals surface area contributed by atoms with Crippen LogP contribution in [0.1, 0.15) is 0 Å². The van der Waals surface area contributed by atoms with Gasteiger partial charge in [-0.1, -0.05) is 0 Å². The Morgan fingerprint density at radius 1 is 1.12 bits per heavy atom. The van der Waals surface area contributed by atoms with Crippen molar-refractivity contribution in [2.45, 2.75) is 0 Å². The average Bonchev–Trinajstić information content (AvgIpc) is 2.56. The van der Waals surface area contributed by atoms with Crippen LogP contribution < -0.4 is 14.8 Å². The Hall–Kier alpha value is -3.30. The second-order valence-electron chi connectivity index (χ2n) is 4.68. The third-order valence-corrected chi connectivity index (χ3v) is 3.00. The molecule has 25 heavy (non-hydrogen) atoms.